The topological polar surface area (TPSA) is 55.6 Å². The number of nitrogens with zero attached hydrogens (tertiary/aromatic N) is 4. The van der Waals surface area contributed by atoms with Crippen LogP contribution in [0.15, 0.2) is 18.5 Å². The van der Waals surface area contributed by atoms with Crippen LogP contribution in [0.25, 0.3) is 0 Å². The maximum Gasteiger partial charge on any atom is 0.319 e. The number of hydrogen-bond acceptors (Lipinski definition) is 4. The highest BCUT2D eigenvalue weighted by atomic mass is 19.3. The summed E-state index contributed by atoms with van der Waals surface area (Å²) in [6, 6.07) is 1.91. The van der Waals surface area contributed by atoms with Crippen molar-refractivity contribution >= 4 is 5.95 Å². The van der Waals surface area contributed by atoms with Crippen molar-refractivity contribution in [1.82, 2.24) is 19.5 Å². The third-order valence-electron chi connectivity index (χ3n) is 2.83. The molecule has 2 aromatic rings. The summed E-state index contributed by atoms with van der Waals surface area (Å²) in [6.07, 6.45) is 2.60. The zero-order valence-corrected chi connectivity index (χ0v) is 11.6. The number of nitrogens with one attached hydrogen (secondary N) is 1. The molecule has 2 aromatic heterocycles. The average molecular weight is 281 g/mol. The first-order chi connectivity index (χ1) is 9.47. The molecule has 2 heterocycles. The van der Waals surface area contributed by atoms with Crippen LogP contribution < -0.4 is 5.32 Å². The van der Waals surface area contributed by atoms with E-state index in [2.05, 4.69) is 20.3 Å². The van der Waals surface area contributed by atoms with Gasteiger partial charge in [0.2, 0.25) is 5.95 Å². The van der Waals surface area contributed by atoms with Gasteiger partial charge in [-0.15, -0.1) is 0 Å². The second kappa shape index (κ2) is 5.94. The highest BCUT2D eigenvalue weighted by Crippen LogP contribution is 2.16. The van der Waals surface area contributed by atoms with Crippen LogP contribution in [0.2, 0.25) is 0 Å². The zero-order chi connectivity index (χ0) is 14.7. The molecular formula is C13H17F2N5. The van der Waals surface area contributed by atoms with Gasteiger partial charge >= 0.3 is 6.55 Å². The molecule has 5 nitrogen and oxygen atoms in total. The van der Waals surface area contributed by atoms with E-state index < -0.39 is 6.55 Å². The minimum absolute atomic E-state index is 0.151. The molecule has 108 valence electrons. The molecule has 0 saturated heterocycles. The van der Waals surface area contributed by atoms with Gasteiger partial charge < -0.3 is 5.32 Å². The Hall–Kier alpha value is -2.05. The van der Waals surface area contributed by atoms with Gasteiger partial charge in [0.05, 0.1) is 6.54 Å². The molecule has 0 bridgehead atoms. The fraction of sp³-hybridized carbons (Fsp3) is 0.462. The summed E-state index contributed by atoms with van der Waals surface area (Å²) in [4.78, 5) is 12.5. The number of halogens is 2. The summed E-state index contributed by atoms with van der Waals surface area (Å²) < 4.78 is 26.2. The Bertz CT molecular complexity index is 580. The molecule has 0 aromatic carbocycles. The minimum atomic E-state index is -2.60. The number of aryl methyl sites for hydroxylation is 1. The molecule has 0 spiro atoms. The van der Waals surface area contributed by atoms with Gasteiger partial charge in [0, 0.05) is 23.8 Å². The predicted octanol–water partition coefficient (Wildman–Crippen LogP) is 3.11. The lowest BCUT2D eigenvalue weighted by molar-refractivity contribution is 0.0672. The van der Waals surface area contributed by atoms with Gasteiger partial charge in [-0.3, -0.25) is 4.57 Å². The first-order valence-electron chi connectivity index (χ1n) is 6.36. The normalized spacial score (nSPS) is 11.3. The highest BCUT2D eigenvalue weighted by molar-refractivity contribution is 5.29. The number of aromatic nitrogens is 4. The summed E-state index contributed by atoms with van der Waals surface area (Å²) in [5.41, 5.74) is 1.75. The summed E-state index contributed by atoms with van der Waals surface area (Å²) in [5.74, 6) is 0.953. The minimum Gasteiger partial charge on any atom is -0.347 e. The van der Waals surface area contributed by atoms with Crippen molar-refractivity contribution in [3.63, 3.8) is 0 Å². The SMILES string of the molecule is Cc1cc(C(C)C)nc(NCc2nccn2C(F)F)n1. The van der Waals surface area contributed by atoms with Crippen molar-refractivity contribution in [2.75, 3.05) is 5.32 Å². The van der Waals surface area contributed by atoms with Crippen LogP contribution in [0.3, 0.4) is 0 Å². The standard InChI is InChI=1S/C13H17F2N5/c1-8(2)10-6-9(3)18-13(19-10)17-7-11-16-4-5-20(11)12(14)15/h4-6,8,12H,7H2,1-3H3,(H,17,18,19). The van der Waals surface area contributed by atoms with E-state index in [1.165, 1.54) is 12.4 Å². The Kier molecular flexibility index (Phi) is 4.26. The summed E-state index contributed by atoms with van der Waals surface area (Å²) in [6.45, 7) is 3.50. The van der Waals surface area contributed by atoms with Gasteiger partial charge in [-0.2, -0.15) is 8.78 Å². The molecule has 0 radical (unpaired) electrons. The molecule has 0 aliphatic heterocycles. The Balaban J connectivity index is 2.12. The lowest BCUT2D eigenvalue weighted by Crippen LogP contribution is -2.12. The van der Waals surface area contributed by atoms with Gasteiger partial charge in [0.15, 0.2) is 0 Å². The predicted molar refractivity (Wildman–Crippen MR) is 71.7 cm³/mol. The van der Waals surface area contributed by atoms with Crippen LogP contribution in [-0.2, 0) is 6.54 Å². The first-order valence-corrected chi connectivity index (χ1v) is 6.36. The van der Waals surface area contributed by atoms with Crippen molar-refractivity contribution in [1.29, 1.82) is 0 Å². The molecule has 2 rings (SSSR count). The van der Waals surface area contributed by atoms with E-state index >= 15 is 0 Å². The monoisotopic (exact) mass is 281 g/mol. The van der Waals surface area contributed by atoms with Crippen LogP contribution in [-0.4, -0.2) is 19.5 Å². The quantitative estimate of drug-likeness (QED) is 0.915. The molecule has 20 heavy (non-hydrogen) atoms. The Morgan fingerprint density at radius 1 is 1.30 bits per heavy atom. The molecule has 0 atom stereocenters. The van der Waals surface area contributed by atoms with Crippen LogP contribution in [0.1, 0.15) is 43.5 Å². The lowest BCUT2D eigenvalue weighted by Gasteiger charge is -2.11. The summed E-state index contributed by atoms with van der Waals surface area (Å²) >= 11 is 0. The van der Waals surface area contributed by atoms with E-state index in [1.54, 1.807) is 0 Å². The zero-order valence-electron chi connectivity index (χ0n) is 11.6. The fourth-order valence-electron chi connectivity index (χ4n) is 1.78. The van der Waals surface area contributed by atoms with Crippen molar-refractivity contribution in [2.45, 2.75) is 39.8 Å². The van der Waals surface area contributed by atoms with Gasteiger partial charge in [-0.25, -0.2) is 15.0 Å². The number of hydrogen-bond donors (Lipinski definition) is 1. The van der Waals surface area contributed by atoms with Crippen LogP contribution >= 0.6 is 0 Å². The van der Waals surface area contributed by atoms with Gasteiger partial charge in [-0.05, 0) is 18.9 Å². The molecule has 7 heteroatoms. The number of imidazole rings is 1. The van der Waals surface area contributed by atoms with E-state index in [9.17, 15) is 8.78 Å². The molecule has 0 saturated carbocycles. The van der Waals surface area contributed by atoms with Crippen molar-refractivity contribution in [2.24, 2.45) is 0 Å². The second-order valence-corrected chi connectivity index (χ2v) is 4.79. The Morgan fingerprint density at radius 3 is 2.70 bits per heavy atom. The van der Waals surface area contributed by atoms with Crippen LogP contribution in [0, 0.1) is 6.92 Å². The van der Waals surface area contributed by atoms with E-state index in [0.29, 0.717) is 5.95 Å². The van der Waals surface area contributed by atoms with Gasteiger partial charge in [0.1, 0.15) is 5.82 Å². The molecule has 0 aliphatic rings. The largest absolute Gasteiger partial charge is 0.347 e. The average Bonchev–Trinajstić information content (AvgIpc) is 2.84. The molecule has 0 unspecified atom stereocenters. The van der Waals surface area contributed by atoms with E-state index in [4.69, 9.17) is 0 Å². The van der Waals surface area contributed by atoms with Gasteiger partial charge in [-0.1, -0.05) is 13.8 Å². The van der Waals surface area contributed by atoms with Gasteiger partial charge in [0.25, 0.3) is 0 Å². The third kappa shape index (κ3) is 3.28. The molecule has 0 fully saturated rings. The molecular weight excluding hydrogens is 264 g/mol. The summed E-state index contributed by atoms with van der Waals surface area (Å²) in [7, 11) is 0. The summed E-state index contributed by atoms with van der Waals surface area (Å²) in [5, 5.41) is 2.94. The highest BCUT2D eigenvalue weighted by Gasteiger charge is 2.12. The third-order valence-corrected chi connectivity index (χ3v) is 2.83. The Morgan fingerprint density at radius 2 is 2.05 bits per heavy atom. The maximum atomic E-state index is 12.7. The fourth-order valence-corrected chi connectivity index (χ4v) is 1.78. The molecule has 1 N–H and O–H groups in total. The van der Waals surface area contributed by atoms with Crippen molar-refractivity contribution in [3.8, 4) is 0 Å². The lowest BCUT2D eigenvalue weighted by atomic mass is 10.1. The van der Waals surface area contributed by atoms with E-state index in [0.717, 1.165) is 16.0 Å². The van der Waals surface area contributed by atoms with Crippen molar-refractivity contribution in [3.05, 3.63) is 35.7 Å². The number of alkyl halides is 2. The smallest absolute Gasteiger partial charge is 0.319 e. The second-order valence-electron chi connectivity index (χ2n) is 4.79. The van der Waals surface area contributed by atoms with E-state index in [1.807, 2.05) is 26.8 Å². The molecule has 0 aliphatic carbocycles. The van der Waals surface area contributed by atoms with Crippen molar-refractivity contribution < 1.29 is 8.78 Å². The molecule has 0 amide bonds. The number of rotatable bonds is 5. The maximum absolute atomic E-state index is 12.7. The first kappa shape index (κ1) is 14.4. The van der Waals surface area contributed by atoms with Crippen LogP contribution in [0.4, 0.5) is 14.7 Å². The number of anilines is 1. The van der Waals surface area contributed by atoms with Crippen LogP contribution in [0.5, 0.6) is 0 Å². The van der Waals surface area contributed by atoms with E-state index in [-0.39, 0.29) is 18.3 Å². The Labute approximate surface area is 116 Å².